The van der Waals surface area contributed by atoms with Gasteiger partial charge in [0.25, 0.3) is 5.91 Å². The summed E-state index contributed by atoms with van der Waals surface area (Å²) in [5.74, 6) is -0.417. The van der Waals surface area contributed by atoms with Gasteiger partial charge in [-0.25, -0.2) is 4.39 Å². The molecule has 3 aromatic rings. The maximum Gasteiger partial charge on any atom is 0.387 e. The van der Waals surface area contributed by atoms with E-state index in [4.69, 9.17) is 13.9 Å². The molecule has 1 aliphatic carbocycles. The minimum atomic E-state index is -3.17. The second-order valence-corrected chi connectivity index (χ2v) is 9.32. The summed E-state index contributed by atoms with van der Waals surface area (Å²) in [6.07, 6.45) is 3.99. The monoisotopic (exact) mass is 518 g/mol. The largest absolute Gasteiger partial charge is 0.496 e. The Balaban J connectivity index is 1.37. The maximum absolute atomic E-state index is 13.3. The van der Waals surface area contributed by atoms with Gasteiger partial charge in [0, 0.05) is 30.0 Å². The van der Waals surface area contributed by atoms with E-state index < -0.39 is 24.7 Å². The third-order valence-electron chi connectivity index (χ3n) is 6.70. The number of benzene rings is 2. The number of likely N-dealkylation sites (tertiary alicyclic amines) is 1. The molecule has 0 spiro atoms. The number of carbonyl (C=O) groups is 1. The number of nitrogens with zero attached hydrogens (tertiary/aromatic N) is 1. The molecular weight excluding hydrogens is 489 g/mol. The predicted octanol–water partition coefficient (Wildman–Crippen LogP) is 5.41. The van der Waals surface area contributed by atoms with E-state index in [1.54, 1.807) is 12.1 Å². The molecule has 37 heavy (non-hydrogen) atoms. The Labute approximate surface area is 212 Å². The third kappa shape index (κ3) is 5.79. The zero-order valence-corrected chi connectivity index (χ0v) is 20.5. The van der Waals surface area contributed by atoms with Crippen molar-refractivity contribution in [2.75, 3.05) is 33.4 Å². The lowest BCUT2D eigenvalue weighted by Gasteiger charge is -2.16. The number of furan rings is 1. The van der Waals surface area contributed by atoms with Gasteiger partial charge in [-0.15, -0.1) is 0 Å². The predicted molar refractivity (Wildman–Crippen MR) is 131 cm³/mol. The van der Waals surface area contributed by atoms with Crippen LogP contribution < -0.4 is 19.5 Å². The summed E-state index contributed by atoms with van der Waals surface area (Å²) in [6, 6.07) is 7.67. The molecule has 1 saturated heterocycles. The molecular formula is C27H29F3N2O5. The first-order chi connectivity index (χ1) is 17.9. The van der Waals surface area contributed by atoms with Crippen molar-refractivity contribution in [1.82, 2.24) is 10.2 Å². The third-order valence-corrected chi connectivity index (χ3v) is 6.70. The molecule has 2 heterocycles. The van der Waals surface area contributed by atoms with Crippen LogP contribution in [0, 0.1) is 0 Å². The first-order valence-corrected chi connectivity index (χ1v) is 12.4. The van der Waals surface area contributed by atoms with Crippen LogP contribution in [0.2, 0.25) is 0 Å². The summed E-state index contributed by atoms with van der Waals surface area (Å²) in [7, 11) is 1.32. The highest BCUT2D eigenvalue weighted by Gasteiger charge is 2.40. The Morgan fingerprint density at radius 2 is 1.95 bits per heavy atom. The van der Waals surface area contributed by atoms with E-state index in [1.807, 2.05) is 12.1 Å². The van der Waals surface area contributed by atoms with Crippen LogP contribution in [0.25, 0.3) is 22.1 Å². The molecule has 5 rings (SSSR count). The highest BCUT2D eigenvalue weighted by Crippen LogP contribution is 2.40. The van der Waals surface area contributed by atoms with Gasteiger partial charge in [-0.1, -0.05) is 0 Å². The summed E-state index contributed by atoms with van der Waals surface area (Å²) in [5, 5.41) is 3.21. The number of fused-ring (bicyclic) bond motifs is 1. The molecule has 10 heteroatoms. The van der Waals surface area contributed by atoms with Crippen molar-refractivity contribution >= 4 is 16.9 Å². The molecule has 1 amide bonds. The van der Waals surface area contributed by atoms with Crippen LogP contribution in [-0.4, -0.2) is 63.0 Å². The van der Waals surface area contributed by atoms with Crippen LogP contribution >= 0.6 is 0 Å². The average molecular weight is 519 g/mol. The second kappa shape index (κ2) is 10.9. The van der Waals surface area contributed by atoms with Crippen molar-refractivity contribution in [3.05, 3.63) is 42.2 Å². The Kier molecular flexibility index (Phi) is 7.45. The molecule has 2 fully saturated rings. The molecule has 2 aliphatic rings. The van der Waals surface area contributed by atoms with Crippen LogP contribution in [0.1, 0.15) is 36.0 Å². The smallest absolute Gasteiger partial charge is 0.387 e. The summed E-state index contributed by atoms with van der Waals surface area (Å²) in [4.78, 5) is 15.2. The minimum Gasteiger partial charge on any atom is -0.496 e. The standard InChI is InChI=1S/C27H29F3N2O5/c1-34-23-11-16(12-24(37-27(29)30)25(23)26(33)31-21-14-20(21)28)19-15-36-22-13-17(5-6-18(19)22)35-10-4-9-32-7-2-3-8-32/h5-6,11-13,15,20-21,27H,2-4,7-10,14H2,1H3,(H,31,33)/t20-,21+/m0/s1. The minimum absolute atomic E-state index is 0.0222. The van der Waals surface area contributed by atoms with Crippen LogP contribution in [0.5, 0.6) is 17.2 Å². The highest BCUT2D eigenvalue weighted by atomic mass is 19.3. The number of nitrogens with one attached hydrogen (secondary N) is 1. The van der Waals surface area contributed by atoms with E-state index in [1.165, 1.54) is 32.3 Å². The molecule has 2 aromatic carbocycles. The van der Waals surface area contributed by atoms with Gasteiger partial charge in [-0.3, -0.25) is 4.79 Å². The number of rotatable bonds is 11. The van der Waals surface area contributed by atoms with Gasteiger partial charge < -0.3 is 28.8 Å². The molecule has 1 saturated carbocycles. The zero-order chi connectivity index (χ0) is 25.9. The fourth-order valence-electron chi connectivity index (χ4n) is 4.68. The fourth-order valence-corrected chi connectivity index (χ4v) is 4.68. The van der Waals surface area contributed by atoms with Gasteiger partial charge in [0.1, 0.15) is 34.6 Å². The molecule has 0 unspecified atom stereocenters. The van der Waals surface area contributed by atoms with Crippen LogP contribution in [-0.2, 0) is 0 Å². The van der Waals surface area contributed by atoms with Crippen molar-refractivity contribution in [3.63, 3.8) is 0 Å². The Hall–Kier alpha value is -3.40. The number of ether oxygens (including phenoxy) is 3. The van der Waals surface area contributed by atoms with E-state index in [0.717, 1.165) is 31.4 Å². The first-order valence-electron chi connectivity index (χ1n) is 12.4. The van der Waals surface area contributed by atoms with Gasteiger partial charge >= 0.3 is 6.61 Å². The summed E-state index contributed by atoms with van der Waals surface area (Å²) >= 11 is 0. The van der Waals surface area contributed by atoms with Crippen LogP contribution in [0.4, 0.5) is 13.2 Å². The molecule has 1 aromatic heterocycles. The van der Waals surface area contributed by atoms with E-state index in [2.05, 4.69) is 15.0 Å². The van der Waals surface area contributed by atoms with E-state index in [0.29, 0.717) is 29.1 Å². The van der Waals surface area contributed by atoms with Crippen molar-refractivity contribution in [1.29, 1.82) is 0 Å². The molecule has 7 nitrogen and oxygen atoms in total. The van der Waals surface area contributed by atoms with Gasteiger partial charge in [0.15, 0.2) is 0 Å². The van der Waals surface area contributed by atoms with Crippen molar-refractivity contribution in [3.8, 4) is 28.4 Å². The van der Waals surface area contributed by atoms with Crippen molar-refractivity contribution < 1.29 is 36.6 Å². The molecule has 1 aliphatic heterocycles. The lowest BCUT2D eigenvalue weighted by atomic mass is 10.0. The number of alkyl halides is 3. The van der Waals surface area contributed by atoms with E-state index in [-0.39, 0.29) is 23.5 Å². The van der Waals surface area contributed by atoms with Gasteiger partial charge in [-0.2, -0.15) is 8.78 Å². The molecule has 198 valence electrons. The molecule has 0 bridgehead atoms. The highest BCUT2D eigenvalue weighted by molar-refractivity contribution is 6.02. The first kappa shape index (κ1) is 25.3. The van der Waals surface area contributed by atoms with Gasteiger partial charge in [0.2, 0.25) is 0 Å². The Morgan fingerprint density at radius 3 is 2.65 bits per heavy atom. The number of hydrogen-bond donors (Lipinski definition) is 1. The molecule has 1 N–H and O–H groups in total. The van der Waals surface area contributed by atoms with E-state index >= 15 is 0 Å². The number of halogens is 3. The Bertz CT molecular complexity index is 1260. The van der Waals surface area contributed by atoms with Crippen molar-refractivity contribution in [2.24, 2.45) is 0 Å². The zero-order valence-electron chi connectivity index (χ0n) is 20.5. The summed E-state index contributed by atoms with van der Waals surface area (Å²) < 4.78 is 61.4. The number of hydrogen-bond acceptors (Lipinski definition) is 6. The lowest BCUT2D eigenvalue weighted by molar-refractivity contribution is -0.0502. The van der Waals surface area contributed by atoms with Gasteiger partial charge in [-0.05, 0) is 62.2 Å². The topological polar surface area (TPSA) is 73.2 Å². The molecule has 0 radical (unpaired) electrons. The summed E-state index contributed by atoms with van der Waals surface area (Å²) in [6.45, 7) is 0.739. The fraction of sp³-hybridized carbons (Fsp3) is 0.444. The number of carbonyl (C=O) groups excluding carboxylic acids is 1. The lowest BCUT2D eigenvalue weighted by Crippen LogP contribution is -2.28. The molecule has 2 atom stereocenters. The van der Waals surface area contributed by atoms with E-state index in [9.17, 15) is 18.0 Å². The van der Waals surface area contributed by atoms with Crippen molar-refractivity contribution in [2.45, 2.75) is 44.5 Å². The quantitative estimate of drug-likeness (QED) is 0.342. The average Bonchev–Trinajstić information content (AvgIpc) is 3.26. The van der Waals surface area contributed by atoms with Gasteiger partial charge in [0.05, 0.1) is 26.0 Å². The Morgan fingerprint density at radius 1 is 1.19 bits per heavy atom. The van der Waals surface area contributed by atoms with Crippen LogP contribution in [0.3, 0.4) is 0 Å². The number of amides is 1. The summed E-state index contributed by atoms with van der Waals surface area (Å²) in [5.41, 5.74) is 1.40. The maximum atomic E-state index is 13.3. The van der Waals surface area contributed by atoms with Crippen LogP contribution in [0.15, 0.2) is 41.0 Å². The number of methoxy groups -OCH3 is 1. The SMILES string of the molecule is COc1cc(-c2coc3cc(OCCCN4CCCC4)ccc23)cc(OC(F)F)c1C(=O)N[C@@H]1C[C@@H]1F. The second-order valence-electron chi connectivity index (χ2n) is 9.32. The normalized spacial score (nSPS) is 19.4.